The van der Waals surface area contributed by atoms with Crippen LogP contribution in [0.1, 0.15) is 17.6 Å². The average molecular weight is 377 g/mol. The Bertz CT molecular complexity index is 831. The molecule has 0 unspecified atom stereocenters. The fourth-order valence-electron chi connectivity index (χ4n) is 2.14. The molecule has 112 valence electrons. The first kappa shape index (κ1) is 15.1. The molecule has 0 atom stereocenters. The van der Waals surface area contributed by atoms with Crippen molar-refractivity contribution in [2.75, 3.05) is 6.61 Å². The van der Waals surface area contributed by atoms with Crippen molar-refractivity contribution in [3.8, 4) is 0 Å². The van der Waals surface area contributed by atoms with Gasteiger partial charge in [-0.05, 0) is 42.6 Å². The first-order chi connectivity index (χ1) is 10.7. The topological polar surface area (TPSA) is 39.4 Å². The van der Waals surface area contributed by atoms with E-state index in [4.69, 9.17) is 9.15 Å². The van der Waals surface area contributed by atoms with Crippen LogP contribution in [0.5, 0.6) is 0 Å². The zero-order valence-electron chi connectivity index (χ0n) is 11.8. The molecule has 22 heavy (non-hydrogen) atoms. The van der Waals surface area contributed by atoms with E-state index >= 15 is 0 Å². The first-order valence-corrected chi connectivity index (χ1v) is 8.46. The number of fused-ring (bicyclic) bond motifs is 1. The summed E-state index contributed by atoms with van der Waals surface area (Å²) in [6.45, 7) is 2.13. The molecule has 0 amide bonds. The van der Waals surface area contributed by atoms with E-state index in [2.05, 4.69) is 15.9 Å². The molecule has 5 heteroatoms. The number of benzene rings is 1. The fourth-order valence-corrected chi connectivity index (χ4v) is 3.27. The largest absolute Gasteiger partial charge is 0.463 e. The third kappa shape index (κ3) is 3.15. The molecule has 3 nitrogen and oxygen atoms in total. The van der Waals surface area contributed by atoms with Crippen molar-refractivity contribution in [2.24, 2.45) is 0 Å². The Labute approximate surface area is 140 Å². The minimum Gasteiger partial charge on any atom is -0.463 e. The molecule has 0 N–H and O–H groups in total. The number of rotatable bonds is 4. The van der Waals surface area contributed by atoms with E-state index < -0.39 is 0 Å². The van der Waals surface area contributed by atoms with E-state index in [0.717, 1.165) is 25.9 Å². The van der Waals surface area contributed by atoms with Crippen LogP contribution in [0.25, 0.3) is 16.5 Å². The fraction of sp³-hybridized carbons (Fsp3) is 0.118. The molecule has 0 fully saturated rings. The Balaban J connectivity index is 2.09. The van der Waals surface area contributed by atoms with E-state index in [1.807, 2.05) is 41.8 Å². The molecule has 3 aromatic rings. The molecule has 0 spiro atoms. The maximum Gasteiger partial charge on any atom is 0.331 e. The van der Waals surface area contributed by atoms with Gasteiger partial charge in [-0.25, -0.2) is 4.79 Å². The van der Waals surface area contributed by atoms with Crippen LogP contribution in [-0.2, 0) is 9.53 Å². The molecule has 0 aliphatic carbocycles. The van der Waals surface area contributed by atoms with Gasteiger partial charge in [0, 0.05) is 26.4 Å². The van der Waals surface area contributed by atoms with Crippen molar-refractivity contribution in [3.05, 3.63) is 63.0 Å². The molecule has 0 saturated heterocycles. The molecular formula is C17H13BrO3S. The van der Waals surface area contributed by atoms with Gasteiger partial charge in [-0.2, -0.15) is 0 Å². The van der Waals surface area contributed by atoms with Crippen LogP contribution in [0.3, 0.4) is 0 Å². The molecule has 2 heterocycles. The number of thiophene rings is 1. The second-order valence-corrected chi connectivity index (χ2v) is 6.44. The second-order valence-electron chi connectivity index (χ2n) is 4.58. The number of hydrogen-bond donors (Lipinski definition) is 0. The number of carbonyl (C=O) groups excluding carboxylic acids is 1. The zero-order chi connectivity index (χ0) is 15.5. The minimum atomic E-state index is -0.368. The lowest BCUT2D eigenvalue weighted by Crippen LogP contribution is -2.00. The number of esters is 1. The van der Waals surface area contributed by atoms with Crippen molar-refractivity contribution in [1.29, 1.82) is 0 Å². The van der Waals surface area contributed by atoms with Crippen molar-refractivity contribution in [3.63, 3.8) is 0 Å². The van der Waals surface area contributed by atoms with Crippen molar-refractivity contribution >= 4 is 49.8 Å². The van der Waals surface area contributed by atoms with Crippen LogP contribution in [0.4, 0.5) is 0 Å². The summed E-state index contributed by atoms with van der Waals surface area (Å²) in [6.07, 6.45) is 1.49. The predicted octanol–water partition coefficient (Wildman–Crippen LogP) is 5.25. The zero-order valence-corrected chi connectivity index (χ0v) is 14.2. The summed E-state index contributed by atoms with van der Waals surface area (Å²) < 4.78 is 11.9. The summed E-state index contributed by atoms with van der Waals surface area (Å²) in [5.41, 5.74) is 1.52. The van der Waals surface area contributed by atoms with E-state index in [1.54, 1.807) is 18.3 Å². The number of ether oxygens (including phenoxy) is 1. The van der Waals surface area contributed by atoms with E-state index in [0.29, 0.717) is 12.4 Å². The standard InChI is InChI=1S/C17H13BrO3S/c1-2-20-17(19)10-13(16-4-3-7-22-16)15-9-11-8-12(18)5-6-14(11)21-15/h3-10H,2H2,1H3/b13-10-. The number of halogens is 1. The van der Waals surface area contributed by atoms with E-state index in [-0.39, 0.29) is 5.97 Å². The molecular weight excluding hydrogens is 364 g/mol. The minimum absolute atomic E-state index is 0.347. The summed E-state index contributed by atoms with van der Waals surface area (Å²) in [4.78, 5) is 12.8. The Morgan fingerprint density at radius 2 is 2.23 bits per heavy atom. The van der Waals surface area contributed by atoms with Gasteiger partial charge in [0.2, 0.25) is 0 Å². The quantitative estimate of drug-likeness (QED) is 0.460. The molecule has 0 bridgehead atoms. The van der Waals surface area contributed by atoms with Crippen molar-refractivity contribution in [2.45, 2.75) is 6.92 Å². The SMILES string of the molecule is CCOC(=O)/C=C(/c1cc2cc(Br)ccc2o1)c1cccs1. The van der Waals surface area contributed by atoms with E-state index in [9.17, 15) is 4.79 Å². The molecule has 0 saturated carbocycles. The second kappa shape index (κ2) is 6.50. The summed E-state index contributed by atoms with van der Waals surface area (Å²) in [5, 5.41) is 2.95. The van der Waals surface area contributed by atoms with Gasteiger partial charge in [0.1, 0.15) is 11.3 Å². The highest BCUT2D eigenvalue weighted by Gasteiger charge is 2.14. The van der Waals surface area contributed by atoms with Gasteiger partial charge in [0.15, 0.2) is 0 Å². The van der Waals surface area contributed by atoms with Crippen LogP contribution >= 0.6 is 27.3 Å². The van der Waals surface area contributed by atoms with Gasteiger partial charge >= 0.3 is 5.97 Å². The van der Waals surface area contributed by atoms with Crippen LogP contribution in [0.2, 0.25) is 0 Å². The number of furan rings is 1. The Hall–Kier alpha value is -1.85. The van der Waals surface area contributed by atoms with Gasteiger partial charge in [-0.1, -0.05) is 22.0 Å². The third-order valence-corrected chi connectivity index (χ3v) is 4.48. The van der Waals surface area contributed by atoms with Crippen LogP contribution in [0.15, 0.2) is 56.7 Å². The first-order valence-electron chi connectivity index (χ1n) is 6.79. The average Bonchev–Trinajstić information content (AvgIpc) is 3.13. The molecule has 2 aromatic heterocycles. The highest BCUT2D eigenvalue weighted by Crippen LogP contribution is 2.32. The lowest BCUT2D eigenvalue weighted by molar-refractivity contribution is -0.137. The monoisotopic (exact) mass is 376 g/mol. The van der Waals surface area contributed by atoms with Crippen LogP contribution < -0.4 is 0 Å². The number of carbonyl (C=O) groups is 1. The van der Waals surface area contributed by atoms with Gasteiger partial charge in [0.05, 0.1) is 6.61 Å². The summed E-state index contributed by atoms with van der Waals surface area (Å²) in [7, 11) is 0. The summed E-state index contributed by atoms with van der Waals surface area (Å²) in [6, 6.07) is 11.6. The highest BCUT2D eigenvalue weighted by molar-refractivity contribution is 9.10. The maximum absolute atomic E-state index is 11.8. The Morgan fingerprint density at radius 1 is 1.36 bits per heavy atom. The molecule has 3 rings (SSSR count). The lowest BCUT2D eigenvalue weighted by Gasteiger charge is -2.02. The third-order valence-electron chi connectivity index (χ3n) is 3.08. The highest BCUT2D eigenvalue weighted by atomic mass is 79.9. The molecule has 0 radical (unpaired) electrons. The normalized spacial score (nSPS) is 11.8. The summed E-state index contributed by atoms with van der Waals surface area (Å²) in [5.74, 6) is 0.288. The molecule has 0 aliphatic rings. The maximum atomic E-state index is 11.8. The van der Waals surface area contributed by atoms with E-state index in [1.165, 1.54) is 6.08 Å². The van der Waals surface area contributed by atoms with Gasteiger partial charge < -0.3 is 9.15 Å². The smallest absolute Gasteiger partial charge is 0.331 e. The molecule has 1 aromatic carbocycles. The van der Waals surface area contributed by atoms with Gasteiger partial charge in [0.25, 0.3) is 0 Å². The van der Waals surface area contributed by atoms with Crippen molar-refractivity contribution in [1.82, 2.24) is 0 Å². The van der Waals surface area contributed by atoms with Crippen LogP contribution in [0, 0.1) is 0 Å². The van der Waals surface area contributed by atoms with Crippen molar-refractivity contribution < 1.29 is 13.9 Å². The van der Waals surface area contributed by atoms with Gasteiger partial charge in [-0.15, -0.1) is 11.3 Å². The molecule has 0 aliphatic heterocycles. The summed E-state index contributed by atoms with van der Waals surface area (Å²) >= 11 is 5.00. The predicted molar refractivity (Wildman–Crippen MR) is 91.9 cm³/mol. The van der Waals surface area contributed by atoms with Gasteiger partial charge in [-0.3, -0.25) is 0 Å². The lowest BCUT2D eigenvalue weighted by atomic mass is 10.1. The van der Waals surface area contributed by atoms with Crippen LogP contribution in [-0.4, -0.2) is 12.6 Å². The number of hydrogen-bond acceptors (Lipinski definition) is 4. The Morgan fingerprint density at radius 3 is 2.95 bits per heavy atom. The Kier molecular flexibility index (Phi) is 4.45.